The van der Waals surface area contributed by atoms with Gasteiger partial charge >= 0.3 is 0 Å². The van der Waals surface area contributed by atoms with Gasteiger partial charge in [-0.3, -0.25) is 19.3 Å². The first kappa shape index (κ1) is 17.9. The van der Waals surface area contributed by atoms with Crippen molar-refractivity contribution in [3.8, 4) is 5.75 Å². The van der Waals surface area contributed by atoms with E-state index in [0.29, 0.717) is 36.5 Å². The predicted molar refractivity (Wildman–Crippen MR) is 90.5 cm³/mol. The van der Waals surface area contributed by atoms with Gasteiger partial charge in [-0.25, -0.2) is 0 Å². The number of carbonyl (C=O) groups is 3. The third kappa shape index (κ3) is 4.32. The number of amides is 2. The normalized spacial score (nSPS) is 13.5. The van der Waals surface area contributed by atoms with Crippen molar-refractivity contribution in [2.45, 2.75) is 13.3 Å². The molecule has 7 nitrogen and oxygen atoms in total. The molecule has 0 saturated carbocycles. The molecule has 1 aromatic carbocycles. The van der Waals surface area contributed by atoms with Crippen LogP contribution >= 0.6 is 0 Å². The summed E-state index contributed by atoms with van der Waals surface area (Å²) in [5, 5.41) is 2.78. The van der Waals surface area contributed by atoms with Gasteiger partial charge in [0.25, 0.3) is 5.91 Å². The molecule has 0 unspecified atom stereocenters. The van der Waals surface area contributed by atoms with E-state index in [1.54, 1.807) is 25.1 Å². The van der Waals surface area contributed by atoms with Crippen LogP contribution in [0.2, 0.25) is 0 Å². The predicted octanol–water partition coefficient (Wildman–Crippen LogP) is 0.682. The van der Waals surface area contributed by atoms with E-state index in [-0.39, 0.29) is 30.7 Å². The van der Waals surface area contributed by atoms with Crippen LogP contribution in [0.1, 0.15) is 23.7 Å². The van der Waals surface area contributed by atoms with Gasteiger partial charge in [0.2, 0.25) is 5.91 Å². The summed E-state index contributed by atoms with van der Waals surface area (Å²) in [5.74, 6) is -0.0637. The maximum absolute atomic E-state index is 12.2. The quantitative estimate of drug-likeness (QED) is 0.743. The maximum Gasteiger partial charge on any atom is 0.265 e. The number of hydrogen-bond acceptors (Lipinski definition) is 5. The number of rotatable bonds is 7. The van der Waals surface area contributed by atoms with E-state index in [9.17, 15) is 14.4 Å². The molecule has 0 aliphatic carbocycles. The summed E-state index contributed by atoms with van der Waals surface area (Å²) < 4.78 is 5.39. The molecule has 7 heteroatoms. The molecule has 1 aromatic rings. The van der Waals surface area contributed by atoms with Crippen molar-refractivity contribution in [2.24, 2.45) is 0 Å². The van der Waals surface area contributed by atoms with Crippen molar-refractivity contribution in [1.82, 2.24) is 10.2 Å². The summed E-state index contributed by atoms with van der Waals surface area (Å²) >= 11 is 0. The summed E-state index contributed by atoms with van der Waals surface area (Å²) in [6.07, 6.45) is 0.374. The molecule has 0 bridgehead atoms. The first-order valence-electron chi connectivity index (χ1n) is 7.94. The Labute approximate surface area is 141 Å². The Hall–Kier alpha value is -2.41. The number of likely N-dealkylation sites (N-methyl/N-ethyl adjacent to an activating group) is 1. The molecule has 130 valence electrons. The summed E-state index contributed by atoms with van der Waals surface area (Å²) in [6.45, 7) is 2.80. The lowest BCUT2D eigenvalue weighted by Crippen LogP contribution is -2.46. The highest BCUT2D eigenvalue weighted by atomic mass is 16.5. The van der Waals surface area contributed by atoms with E-state index in [0.717, 1.165) is 0 Å². The van der Waals surface area contributed by atoms with E-state index in [1.807, 2.05) is 19.0 Å². The van der Waals surface area contributed by atoms with Gasteiger partial charge in [-0.15, -0.1) is 0 Å². The average Bonchev–Trinajstić information content (AvgIpc) is 2.56. The number of nitrogens with one attached hydrogen (secondary N) is 1. The Morgan fingerprint density at radius 2 is 2.08 bits per heavy atom. The third-order valence-electron chi connectivity index (χ3n) is 3.73. The van der Waals surface area contributed by atoms with Gasteiger partial charge in [0.1, 0.15) is 12.3 Å². The highest BCUT2D eigenvalue weighted by Crippen LogP contribution is 2.33. The first-order valence-corrected chi connectivity index (χ1v) is 7.94. The van der Waals surface area contributed by atoms with Crippen LogP contribution in [0.15, 0.2) is 18.2 Å². The van der Waals surface area contributed by atoms with Crippen LogP contribution in [0, 0.1) is 0 Å². The fourth-order valence-electron chi connectivity index (χ4n) is 2.37. The highest BCUT2D eigenvalue weighted by molar-refractivity contribution is 6.04. The van der Waals surface area contributed by atoms with Crippen LogP contribution in [0.3, 0.4) is 0 Å². The van der Waals surface area contributed by atoms with Crippen LogP contribution in [-0.2, 0) is 9.59 Å². The Morgan fingerprint density at radius 1 is 1.33 bits per heavy atom. The molecule has 1 N–H and O–H groups in total. The minimum absolute atomic E-state index is 0.0220. The number of nitrogens with zero attached hydrogens (tertiary/aromatic N) is 2. The molecule has 24 heavy (non-hydrogen) atoms. The molecular formula is C17H23N3O4. The van der Waals surface area contributed by atoms with Gasteiger partial charge in [0.05, 0.1) is 5.69 Å². The molecule has 0 spiro atoms. The first-order chi connectivity index (χ1) is 11.4. The Morgan fingerprint density at radius 3 is 2.75 bits per heavy atom. The summed E-state index contributed by atoms with van der Waals surface area (Å²) in [7, 11) is 3.83. The van der Waals surface area contributed by atoms with Gasteiger partial charge in [-0.1, -0.05) is 6.92 Å². The van der Waals surface area contributed by atoms with Crippen molar-refractivity contribution in [3.63, 3.8) is 0 Å². The second-order valence-electron chi connectivity index (χ2n) is 5.88. The molecule has 1 aliphatic rings. The number of hydrogen-bond donors (Lipinski definition) is 1. The van der Waals surface area contributed by atoms with E-state index in [4.69, 9.17) is 4.74 Å². The fourth-order valence-corrected chi connectivity index (χ4v) is 2.37. The largest absolute Gasteiger partial charge is 0.482 e. The lowest BCUT2D eigenvalue weighted by molar-refractivity contribution is -0.125. The molecule has 2 rings (SSSR count). The van der Waals surface area contributed by atoms with Crippen molar-refractivity contribution in [2.75, 3.05) is 45.2 Å². The molecule has 0 saturated heterocycles. The minimum Gasteiger partial charge on any atom is -0.482 e. The maximum atomic E-state index is 12.2. The number of ketones is 1. The third-order valence-corrected chi connectivity index (χ3v) is 3.73. The van der Waals surface area contributed by atoms with Crippen LogP contribution in [-0.4, -0.2) is 62.8 Å². The van der Waals surface area contributed by atoms with Crippen LogP contribution < -0.4 is 15.0 Å². The number of fused-ring (bicyclic) bond motifs is 1. The van der Waals surface area contributed by atoms with Crippen molar-refractivity contribution in [3.05, 3.63) is 23.8 Å². The molecule has 1 heterocycles. The number of ether oxygens (including phenoxy) is 1. The van der Waals surface area contributed by atoms with Crippen molar-refractivity contribution in [1.29, 1.82) is 0 Å². The van der Waals surface area contributed by atoms with Crippen LogP contribution in [0.25, 0.3) is 0 Å². The summed E-state index contributed by atoms with van der Waals surface area (Å²) in [6, 6.07) is 4.96. The molecule has 0 radical (unpaired) electrons. The Kier molecular flexibility index (Phi) is 5.92. The van der Waals surface area contributed by atoms with Crippen LogP contribution in [0.5, 0.6) is 5.75 Å². The second kappa shape index (κ2) is 7.92. The van der Waals surface area contributed by atoms with Gasteiger partial charge < -0.3 is 15.0 Å². The highest BCUT2D eigenvalue weighted by Gasteiger charge is 2.28. The molecule has 2 amide bonds. The SMILES string of the molecule is CCC(=O)c1ccc2c(c1)N(CC(=O)NCCN(C)C)C(=O)CO2. The zero-order valence-corrected chi connectivity index (χ0v) is 14.3. The van der Waals surface area contributed by atoms with Crippen molar-refractivity contribution >= 4 is 23.3 Å². The lowest BCUT2D eigenvalue weighted by Gasteiger charge is -2.29. The number of benzene rings is 1. The van der Waals surface area contributed by atoms with E-state index in [1.165, 1.54) is 4.90 Å². The minimum atomic E-state index is -0.300. The zero-order chi connectivity index (χ0) is 17.7. The standard InChI is InChI=1S/C17H23N3O4/c1-4-14(21)12-5-6-15-13(9-12)20(17(23)11-24-15)10-16(22)18-7-8-19(2)3/h5-6,9H,4,7-8,10-11H2,1-3H3,(H,18,22). The Balaban J connectivity index is 2.14. The Bertz CT molecular complexity index is 643. The number of anilines is 1. The topological polar surface area (TPSA) is 79.0 Å². The van der Waals surface area contributed by atoms with Gasteiger partial charge in [-0.05, 0) is 32.3 Å². The summed E-state index contributed by atoms with van der Waals surface area (Å²) in [5.41, 5.74) is 0.973. The molecule has 0 fully saturated rings. The zero-order valence-electron chi connectivity index (χ0n) is 14.3. The van der Waals surface area contributed by atoms with Gasteiger partial charge in [-0.2, -0.15) is 0 Å². The van der Waals surface area contributed by atoms with E-state index < -0.39 is 0 Å². The smallest absolute Gasteiger partial charge is 0.265 e. The van der Waals surface area contributed by atoms with Gasteiger partial charge in [0.15, 0.2) is 12.4 Å². The molecule has 0 atom stereocenters. The molecular weight excluding hydrogens is 310 g/mol. The van der Waals surface area contributed by atoms with Gasteiger partial charge in [0, 0.05) is 25.1 Å². The van der Waals surface area contributed by atoms with E-state index >= 15 is 0 Å². The monoisotopic (exact) mass is 333 g/mol. The van der Waals surface area contributed by atoms with Crippen molar-refractivity contribution < 1.29 is 19.1 Å². The van der Waals surface area contributed by atoms with Crippen LogP contribution in [0.4, 0.5) is 5.69 Å². The number of carbonyl (C=O) groups excluding carboxylic acids is 3. The second-order valence-corrected chi connectivity index (χ2v) is 5.88. The molecule has 1 aliphatic heterocycles. The number of Topliss-reactive ketones (excluding diaryl/α,β-unsaturated/α-hetero) is 1. The molecule has 0 aromatic heterocycles. The lowest BCUT2D eigenvalue weighted by atomic mass is 10.1. The van der Waals surface area contributed by atoms with E-state index in [2.05, 4.69) is 5.32 Å². The fraction of sp³-hybridized carbons (Fsp3) is 0.471. The average molecular weight is 333 g/mol. The summed E-state index contributed by atoms with van der Waals surface area (Å²) in [4.78, 5) is 39.5.